The highest BCUT2D eigenvalue weighted by atomic mass is 32.2. The molecular weight excluding hydrogens is 1020 g/mol. The van der Waals surface area contributed by atoms with Crippen LogP contribution >= 0.6 is 0 Å². The van der Waals surface area contributed by atoms with Crippen LogP contribution in [-0.2, 0) is 60.8 Å². The predicted octanol–water partition coefficient (Wildman–Crippen LogP) is 9.47. The van der Waals surface area contributed by atoms with Crippen LogP contribution in [0.25, 0.3) is 0 Å². The summed E-state index contributed by atoms with van der Waals surface area (Å²) in [7, 11) is -8.01. The van der Waals surface area contributed by atoms with Crippen molar-refractivity contribution in [1.82, 2.24) is 19.6 Å². The Balaban J connectivity index is 0.000000221. The molecule has 0 spiro atoms. The summed E-state index contributed by atoms with van der Waals surface area (Å²) in [6.07, 6.45) is 0.436. The maximum atomic E-state index is 13.3. The molecule has 0 radical (unpaired) electrons. The molecule has 6 atom stereocenters. The Bertz CT molecular complexity index is 2650. The van der Waals surface area contributed by atoms with Crippen molar-refractivity contribution in [2.75, 3.05) is 39.4 Å². The molecular formula is C56H72N4O14S2. The lowest BCUT2D eigenvalue weighted by atomic mass is 9.91. The fourth-order valence-electron chi connectivity index (χ4n) is 9.94. The average molecular weight is 1090 g/mol. The second-order valence-electron chi connectivity index (χ2n) is 21.9. The van der Waals surface area contributed by atoms with E-state index in [1.54, 1.807) is 85.4 Å². The van der Waals surface area contributed by atoms with Gasteiger partial charge >= 0.3 is 24.4 Å². The lowest BCUT2D eigenvalue weighted by Gasteiger charge is -2.39. The SMILES string of the molecule is Cc1ccc(S(=O)(=O)OC[C@@H]2C[C@@H]3CCN(C(=O)OCc4ccccc4)C[C@@H]3N2C(=O)OC(C)(C)C)cc1.Cc1ccc(S(=O)(=O)OC[C@H]2C[C@H]3CCN(C(=O)OCc4ccccc4)C[C@H]3N2C(=O)OC(C)(C)C)cc1. The fraction of sp³-hybridized carbons (Fsp3) is 0.500. The molecule has 0 aliphatic carbocycles. The number of amides is 4. The molecule has 8 rings (SSSR count). The number of carbonyl (C=O) groups excluding carboxylic acids is 4. The summed E-state index contributed by atoms with van der Waals surface area (Å²) < 4.78 is 84.6. The van der Waals surface area contributed by atoms with Gasteiger partial charge in [0, 0.05) is 26.2 Å². The van der Waals surface area contributed by atoms with E-state index in [2.05, 4.69) is 0 Å². The van der Waals surface area contributed by atoms with E-state index in [4.69, 9.17) is 27.3 Å². The van der Waals surface area contributed by atoms with Crippen LogP contribution in [-0.4, -0.2) is 136 Å². The third-order valence-electron chi connectivity index (χ3n) is 13.7. The molecule has 4 saturated heterocycles. The van der Waals surface area contributed by atoms with Crippen molar-refractivity contribution in [3.8, 4) is 0 Å². The first-order valence-electron chi connectivity index (χ1n) is 25.7. The average Bonchev–Trinajstić information content (AvgIpc) is 3.94. The van der Waals surface area contributed by atoms with Crippen LogP contribution < -0.4 is 0 Å². The maximum absolute atomic E-state index is 13.3. The minimum absolute atomic E-state index is 0.0645. The van der Waals surface area contributed by atoms with Gasteiger partial charge in [0.2, 0.25) is 0 Å². The Morgan fingerprint density at radius 2 is 0.842 bits per heavy atom. The molecule has 4 amide bonds. The van der Waals surface area contributed by atoms with Gasteiger partial charge in [0.05, 0.1) is 47.2 Å². The van der Waals surface area contributed by atoms with Crippen molar-refractivity contribution < 1.29 is 63.3 Å². The number of nitrogens with zero attached hydrogens (tertiary/aromatic N) is 4. The molecule has 4 aliphatic rings. The number of piperidine rings is 2. The largest absolute Gasteiger partial charge is 0.445 e. The summed E-state index contributed by atoms with van der Waals surface area (Å²) in [5, 5.41) is 0. The van der Waals surface area contributed by atoms with E-state index in [1.807, 2.05) is 74.5 Å². The Labute approximate surface area is 447 Å². The molecule has 4 fully saturated rings. The summed E-state index contributed by atoms with van der Waals surface area (Å²) in [5.41, 5.74) is 2.17. The maximum Gasteiger partial charge on any atom is 0.410 e. The van der Waals surface area contributed by atoms with Crippen LogP contribution in [0.15, 0.2) is 119 Å². The number of hydrogen-bond donors (Lipinski definition) is 0. The minimum Gasteiger partial charge on any atom is -0.445 e. The molecule has 412 valence electrons. The van der Waals surface area contributed by atoms with Gasteiger partial charge in [0.15, 0.2) is 0 Å². The van der Waals surface area contributed by atoms with E-state index in [1.165, 1.54) is 24.3 Å². The molecule has 76 heavy (non-hydrogen) atoms. The first-order chi connectivity index (χ1) is 35.9. The van der Waals surface area contributed by atoms with Crippen molar-refractivity contribution in [2.24, 2.45) is 11.8 Å². The van der Waals surface area contributed by atoms with Gasteiger partial charge in [-0.25, -0.2) is 19.2 Å². The van der Waals surface area contributed by atoms with Gasteiger partial charge in [0.25, 0.3) is 20.2 Å². The van der Waals surface area contributed by atoms with E-state index in [9.17, 15) is 36.0 Å². The second kappa shape index (κ2) is 24.4. The Kier molecular flexibility index (Phi) is 18.5. The van der Waals surface area contributed by atoms with Crippen LogP contribution in [0.5, 0.6) is 0 Å². The van der Waals surface area contributed by atoms with Gasteiger partial charge in [-0.2, -0.15) is 16.8 Å². The molecule has 4 aliphatic heterocycles. The third kappa shape index (κ3) is 15.5. The standard InChI is InChI=1S/2C28H36N2O7S/c2*1-20-10-12-24(13-11-20)38(33,34)36-19-23-16-22-14-15-29(26(31)35-18-21-8-6-5-7-9-21)17-25(22)30(23)27(32)37-28(2,3)4/h2*5-13,22-23,25H,14-19H2,1-4H3/t2*22-,23-,25-/m10/s1. The molecule has 18 nitrogen and oxygen atoms in total. The van der Waals surface area contributed by atoms with Crippen LogP contribution in [0, 0.1) is 25.7 Å². The molecule has 4 aromatic rings. The van der Waals surface area contributed by atoms with Gasteiger partial charge in [-0.3, -0.25) is 18.2 Å². The monoisotopic (exact) mass is 1090 g/mol. The molecule has 0 saturated carbocycles. The minimum atomic E-state index is -4.00. The van der Waals surface area contributed by atoms with E-state index in [0.717, 1.165) is 22.3 Å². The van der Waals surface area contributed by atoms with Crippen LogP contribution in [0.4, 0.5) is 19.2 Å². The summed E-state index contributed by atoms with van der Waals surface area (Å²) in [4.78, 5) is 58.8. The highest BCUT2D eigenvalue weighted by molar-refractivity contribution is 7.87. The quantitative estimate of drug-likeness (QED) is 0.0958. The fourth-order valence-corrected chi connectivity index (χ4v) is 11.8. The van der Waals surface area contributed by atoms with Crippen molar-refractivity contribution in [3.63, 3.8) is 0 Å². The predicted molar refractivity (Wildman–Crippen MR) is 282 cm³/mol. The molecule has 0 aromatic heterocycles. The Morgan fingerprint density at radius 1 is 0.500 bits per heavy atom. The molecule has 4 heterocycles. The highest BCUT2D eigenvalue weighted by Gasteiger charge is 2.50. The topological polar surface area (TPSA) is 205 Å². The normalized spacial score (nSPS) is 21.6. The van der Waals surface area contributed by atoms with Gasteiger partial charge < -0.3 is 28.7 Å². The highest BCUT2D eigenvalue weighted by Crippen LogP contribution is 2.39. The second-order valence-corrected chi connectivity index (χ2v) is 25.1. The van der Waals surface area contributed by atoms with Crippen LogP contribution in [0.1, 0.15) is 89.5 Å². The molecule has 0 N–H and O–H groups in total. The number of ether oxygens (including phenoxy) is 4. The molecule has 0 bridgehead atoms. The zero-order chi connectivity index (χ0) is 55.0. The van der Waals surface area contributed by atoms with Crippen molar-refractivity contribution in [2.45, 2.75) is 139 Å². The summed E-state index contributed by atoms with van der Waals surface area (Å²) >= 11 is 0. The van der Waals surface area contributed by atoms with E-state index < -0.39 is 67.9 Å². The first kappa shape index (κ1) is 57.5. The zero-order valence-electron chi connectivity index (χ0n) is 44.7. The van der Waals surface area contributed by atoms with Crippen molar-refractivity contribution in [3.05, 3.63) is 131 Å². The molecule has 4 aromatic carbocycles. The summed E-state index contributed by atoms with van der Waals surface area (Å²) in [6, 6.07) is 30.0. The van der Waals surface area contributed by atoms with Crippen LogP contribution in [0.2, 0.25) is 0 Å². The summed E-state index contributed by atoms with van der Waals surface area (Å²) in [5.74, 6) is 0.160. The van der Waals surface area contributed by atoms with Crippen molar-refractivity contribution in [1.29, 1.82) is 0 Å². The lowest BCUT2D eigenvalue weighted by molar-refractivity contribution is -0.000584. The van der Waals surface area contributed by atoms with Gasteiger partial charge in [-0.15, -0.1) is 0 Å². The van der Waals surface area contributed by atoms with Gasteiger partial charge in [0.1, 0.15) is 24.4 Å². The van der Waals surface area contributed by atoms with Gasteiger partial charge in [-0.05, 0) is 128 Å². The molecule has 20 heteroatoms. The molecule has 0 unspecified atom stereocenters. The number of hydrogen-bond acceptors (Lipinski definition) is 14. The van der Waals surface area contributed by atoms with E-state index in [-0.39, 0.29) is 73.2 Å². The first-order valence-corrected chi connectivity index (χ1v) is 28.5. The zero-order valence-corrected chi connectivity index (χ0v) is 46.3. The third-order valence-corrected chi connectivity index (χ3v) is 16.3. The Hall–Kier alpha value is -6.22. The number of carbonyl (C=O) groups is 4. The number of benzene rings is 4. The van der Waals surface area contributed by atoms with Gasteiger partial charge in [-0.1, -0.05) is 96.1 Å². The van der Waals surface area contributed by atoms with E-state index in [0.29, 0.717) is 38.8 Å². The van der Waals surface area contributed by atoms with E-state index >= 15 is 0 Å². The summed E-state index contributed by atoms with van der Waals surface area (Å²) in [6.45, 7) is 15.9. The number of likely N-dealkylation sites (tertiary alicyclic amines) is 4. The smallest absolute Gasteiger partial charge is 0.410 e. The van der Waals surface area contributed by atoms with Crippen molar-refractivity contribution >= 4 is 44.6 Å². The number of aryl methyl sites for hydroxylation is 2. The number of rotatable bonds is 12. The van der Waals surface area contributed by atoms with Crippen LogP contribution in [0.3, 0.4) is 0 Å². The lowest BCUT2D eigenvalue weighted by Crippen LogP contribution is -2.54. The Morgan fingerprint density at radius 3 is 1.17 bits per heavy atom. The number of fused-ring (bicyclic) bond motifs is 2.